The first-order valence-electron chi connectivity index (χ1n) is 4.44. The zero-order valence-corrected chi connectivity index (χ0v) is 7.55. The molecule has 0 aromatic carbocycles. The highest BCUT2D eigenvalue weighted by Crippen LogP contribution is 2.43. The second kappa shape index (κ2) is 3.24. The molecule has 1 N–H and O–H groups in total. The second-order valence-corrected chi connectivity index (χ2v) is 3.64. The minimum atomic E-state index is 0.256. The number of hydrogen-bond donors (Lipinski definition) is 1. The number of rotatable bonds is 3. The molecule has 1 unspecified atom stereocenters. The van der Waals surface area contributed by atoms with Gasteiger partial charge in [-0.25, -0.2) is 0 Å². The fourth-order valence-corrected chi connectivity index (χ4v) is 1.56. The molecule has 64 valence electrons. The first-order valence-corrected chi connectivity index (χ1v) is 4.44. The van der Waals surface area contributed by atoms with Gasteiger partial charge in [0.1, 0.15) is 0 Å². The van der Waals surface area contributed by atoms with Crippen molar-refractivity contribution in [2.45, 2.75) is 27.2 Å². The summed E-state index contributed by atoms with van der Waals surface area (Å²) in [6.45, 7) is 7.10. The summed E-state index contributed by atoms with van der Waals surface area (Å²) in [4.78, 5) is 11.2. The molecule has 0 heterocycles. The Labute approximate surface area is 68.4 Å². The van der Waals surface area contributed by atoms with Gasteiger partial charge in [0, 0.05) is 12.5 Å². The van der Waals surface area contributed by atoms with Crippen molar-refractivity contribution in [1.29, 1.82) is 0 Å². The molecule has 0 bridgehead atoms. The van der Waals surface area contributed by atoms with E-state index in [1.54, 1.807) is 0 Å². The van der Waals surface area contributed by atoms with Crippen LogP contribution in [0.3, 0.4) is 0 Å². The van der Waals surface area contributed by atoms with E-state index in [0.29, 0.717) is 17.8 Å². The number of amides is 1. The van der Waals surface area contributed by atoms with Crippen molar-refractivity contribution in [3.05, 3.63) is 0 Å². The van der Waals surface area contributed by atoms with Crippen LogP contribution in [-0.4, -0.2) is 12.5 Å². The van der Waals surface area contributed by atoms with Crippen LogP contribution >= 0.6 is 0 Å². The first-order chi connectivity index (χ1) is 5.16. The summed E-state index contributed by atoms with van der Waals surface area (Å²) in [7, 11) is 0. The van der Waals surface area contributed by atoms with Gasteiger partial charge in [0.15, 0.2) is 0 Å². The van der Waals surface area contributed by atoms with Crippen molar-refractivity contribution in [3.63, 3.8) is 0 Å². The van der Waals surface area contributed by atoms with Gasteiger partial charge in [0.25, 0.3) is 0 Å². The highest BCUT2D eigenvalue weighted by molar-refractivity contribution is 5.81. The van der Waals surface area contributed by atoms with Crippen molar-refractivity contribution in [2.75, 3.05) is 6.54 Å². The predicted molar refractivity (Wildman–Crippen MR) is 45.1 cm³/mol. The zero-order valence-electron chi connectivity index (χ0n) is 7.55. The monoisotopic (exact) mass is 155 g/mol. The molecule has 0 radical (unpaired) electrons. The van der Waals surface area contributed by atoms with Crippen LogP contribution in [0, 0.1) is 17.8 Å². The predicted octanol–water partition coefficient (Wildman–Crippen LogP) is 1.41. The summed E-state index contributed by atoms with van der Waals surface area (Å²) in [5.74, 6) is 1.91. The van der Waals surface area contributed by atoms with E-state index in [-0.39, 0.29) is 5.91 Å². The molecule has 1 aliphatic rings. The van der Waals surface area contributed by atoms with E-state index >= 15 is 0 Å². The summed E-state index contributed by atoms with van der Waals surface area (Å²) in [5.41, 5.74) is 0. The summed E-state index contributed by atoms with van der Waals surface area (Å²) < 4.78 is 0. The highest BCUT2D eigenvalue weighted by atomic mass is 16.2. The van der Waals surface area contributed by atoms with Crippen LogP contribution < -0.4 is 5.32 Å². The average molecular weight is 155 g/mol. The SMILES string of the molecule is CCNC(=O)C1C[C@@H]1C(C)C. The maximum absolute atomic E-state index is 11.2. The molecule has 1 amide bonds. The van der Waals surface area contributed by atoms with Crippen LogP contribution in [0.25, 0.3) is 0 Å². The van der Waals surface area contributed by atoms with Gasteiger partial charge in [-0.2, -0.15) is 0 Å². The highest BCUT2D eigenvalue weighted by Gasteiger charge is 2.44. The van der Waals surface area contributed by atoms with Crippen LogP contribution in [0.2, 0.25) is 0 Å². The van der Waals surface area contributed by atoms with Crippen LogP contribution in [0.5, 0.6) is 0 Å². The van der Waals surface area contributed by atoms with Gasteiger partial charge >= 0.3 is 0 Å². The van der Waals surface area contributed by atoms with Crippen molar-refractivity contribution >= 4 is 5.91 Å². The van der Waals surface area contributed by atoms with Crippen LogP contribution in [-0.2, 0) is 4.79 Å². The largest absolute Gasteiger partial charge is 0.356 e. The number of nitrogens with one attached hydrogen (secondary N) is 1. The molecule has 0 aromatic rings. The van der Waals surface area contributed by atoms with E-state index in [1.165, 1.54) is 0 Å². The minimum absolute atomic E-state index is 0.256. The number of carbonyl (C=O) groups is 1. The van der Waals surface area contributed by atoms with Crippen molar-refractivity contribution in [1.82, 2.24) is 5.32 Å². The smallest absolute Gasteiger partial charge is 0.223 e. The van der Waals surface area contributed by atoms with Gasteiger partial charge in [-0.1, -0.05) is 13.8 Å². The molecule has 2 heteroatoms. The normalized spacial score (nSPS) is 28.7. The van der Waals surface area contributed by atoms with E-state index in [9.17, 15) is 4.79 Å². The van der Waals surface area contributed by atoms with Crippen LogP contribution in [0.4, 0.5) is 0 Å². The molecule has 11 heavy (non-hydrogen) atoms. The Morgan fingerprint density at radius 3 is 2.64 bits per heavy atom. The Morgan fingerprint density at radius 2 is 2.27 bits per heavy atom. The van der Waals surface area contributed by atoms with E-state index in [0.717, 1.165) is 13.0 Å². The molecule has 0 aliphatic heterocycles. The lowest BCUT2D eigenvalue weighted by atomic mass is 10.1. The fourth-order valence-electron chi connectivity index (χ4n) is 1.56. The van der Waals surface area contributed by atoms with E-state index in [1.807, 2.05) is 6.92 Å². The van der Waals surface area contributed by atoms with Gasteiger partial charge < -0.3 is 5.32 Å². The quantitative estimate of drug-likeness (QED) is 0.656. The fraction of sp³-hybridized carbons (Fsp3) is 0.889. The third-order valence-electron chi connectivity index (χ3n) is 2.38. The van der Waals surface area contributed by atoms with Gasteiger partial charge in [0.2, 0.25) is 5.91 Å². The summed E-state index contributed by atoms with van der Waals surface area (Å²) in [6, 6.07) is 0. The van der Waals surface area contributed by atoms with E-state index in [2.05, 4.69) is 19.2 Å². The molecule has 1 aliphatic carbocycles. The molecule has 0 aromatic heterocycles. The Bertz CT molecular complexity index is 154. The Hall–Kier alpha value is -0.530. The summed E-state index contributed by atoms with van der Waals surface area (Å²) in [6.07, 6.45) is 1.10. The molecule has 0 saturated heterocycles. The van der Waals surface area contributed by atoms with Crippen molar-refractivity contribution < 1.29 is 4.79 Å². The van der Waals surface area contributed by atoms with Crippen molar-refractivity contribution in [2.24, 2.45) is 17.8 Å². The van der Waals surface area contributed by atoms with Crippen LogP contribution in [0.1, 0.15) is 27.2 Å². The third kappa shape index (κ3) is 1.95. The molecule has 2 atom stereocenters. The van der Waals surface area contributed by atoms with Crippen molar-refractivity contribution in [3.8, 4) is 0 Å². The minimum Gasteiger partial charge on any atom is -0.356 e. The standard InChI is InChI=1S/C9H17NO/c1-4-10-9(11)8-5-7(8)6(2)3/h6-8H,4-5H2,1-3H3,(H,10,11)/t7-,8?/m1/s1. The first kappa shape index (κ1) is 8.57. The van der Waals surface area contributed by atoms with Gasteiger partial charge in [-0.3, -0.25) is 4.79 Å². The lowest BCUT2D eigenvalue weighted by Crippen LogP contribution is -2.25. The van der Waals surface area contributed by atoms with Gasteiger partial charge in [-0.15, -0.1) is 0 Å². The van der Waals surface area contributed by atoms with Gasteiger partial charge in [-0.05, 0) is 25.2 Å². The van der Waals surface area contributed by atoms with Gasteiger partial charge in [0.05, 0.1) is 0 Å². The number of hydrogen-bond acceptors (Lipinski definition) is 1. The maximum Gasteiger partial charge on any atom is 0.223 e. The summed E-state index contributed by atoms with van der Waals surface area (Å²) in [5, 5.41) is 2.85. The lowest BCUT2D eigenvalue weighted by Gasteiger charge is -2.02. The lowest BCUT2D eigenvalue weighted by molar-refractivity contribution is -0.122. The maximum atomic E-state index is 11.2. The molecular formula is C9H17NO. The Morgan fingerprint density at radius 1 is 1.64 bits per heavy atom. The Balaban J connectivity index is 2.26. The van der Waals surface area contributed by atoms with Crippen LogP contribution in [0.15, 0.2) is 0 Å². The average Bonchev–Trinajstić information content (AvgIpc) is 2.65. The molecular weight excluding hydrogens is 138 g/mol. The number of carbonyl (C=O) groups excluding carboxylic acids is 1. The second-order valence-electron chi connectivity index (χ2n) is 3.64. The van der Waals surface area contributed by atoms with E-state index < -0.39 is 0 Å². The molecule has 1 rings (SSSR count). The molecule has 2 nitrogen and oxygen atoms in total. The third-order valence-corrected chi connectivity index (χ3v) is 2.38. The molecule has 1 fully saturated rings. The topological polar surface area (TPSA) is 29.1 Å². The molecule has 0 spiro atoms. The summed E-state index contributed by atoms with van der Waals surface area (Å²) >= 11 is 0. The zero-order chi connectivity index (χ0) is 8.43. The molecule has 1 saturated carbocycles. The van der Waals surface area contributed by atoms with E-state index in [4.69, 9.17) is 0 Å². The Kier molecular flexibility index (Phi) is 2.53.